The van der Waals surface area contributed by atoms with Gasteiger partial charge in [-0.3, -0.25) is 4.57 Å². The molecule has 0 N–H and O–H groups in total. The number of hydrogen-bond acceptors (Lipinski definition) is 2. The van der Waals surface area contributed by atoms with E-state index in [9.17, 15) is 0 Å². The molecule has 2 heterocycles. The molecule has 0 saturated heterocycles. The Balaban J connectivity index is 1.16. The first kappa shape index (κ1) is 28.1. The first-order valence-electron chi connectivity index (χ1n) is 18.1. The molecule has 7 aromatic rings. The minimum atomic E-state index is 0.112. The van der Waals surface area contributed by atoms with Crippen molar-refractivity contribution in [3.8, 4) is 22.3 Å². The van der Waals surface area contributed by atoms with Gasteiger partial charge >= 0.3 is 0 Å². The van der Waals surface area contributed by atoms with Gasteiger partial charge in [-0.05, 0) is 93.3 Å². The Morgan fingerprint density at radius 1 is 0.600 bits per heavy atom. The molecule has 0 amide bonds. The fraction of sp³-hybridized carbons (Fsp3) is 0.149. The van der Waals surface area contributed by atoms with Crippen LogP contribution in [0.4, 0.5) is 0 Å². The molecule has 1 unspecified atom stereocenters. The smallest absolute Gasteiger partial charge is 0.235 e. The molecular formula is C47H35N3. The molecule has 4 aliphatic rings. The van der Waals surface area contributed by atoms with Crippen molar-refractivity contribution in [2.75, 3.05) is 0 Å². The summed E-state index contributed by atoms with van der Waals surface area (Å²) in [6, 6.07) is 47.1. The first-order chi connectivity index (χ1) is 24.8. The summed E-state index contributed by atoms with van der Waals surface area (Å²) >= 11 is 0. The van der Waals surface area contributed by atoms with Gasteiger partial charge in [-0.25, -0.2) is 9.98 Å². The van der Waals surface area contributed by atoms with Crippen LogP contribution >= 0.6 is 0 Å². The quantitative estimate of drug-likeness (QED) is 0.180. The van der Waals surface area contributed by atoms with Gasteiger partial charge in [-0.1, -0.05) is 134 Å². The zero-order valence-corrected chi connectivity index (χ0v) is 27.8. The second kappa shape index (κ2) is 10.6. The van der Waals surface area contributed by atoms with Gasteiger partial charge in [0.2, 0.25) is 5.96 Å². The van der Waals surface area contributed by atoms with Crippen molar-refractivity contribution in [3.63, 3.8) is 0 Å². The topological polar surface area (TPSA) is 29.6 Å². The van der Waals surface area contributed by atoms with Gasteiger partial charge in [-0.2, -0.15) is 0 Å². The van der Waals surface area contributed by atoms with Crippen LogP contribution in [0.25, 0.3) is 54.8 Å². The predicted molar refractivity (Wildman–Crippen MR) is 208 cm³/mol. The third-order valence-corrected chi connectivity index (χ3v) is 11.9. The van der Waals surface area contributed by atoms with Crippen LogP contribution in [0.15, 0.2) is 161 Å². The van der Waals surface area contributed by atoms with Gasteiger partial charge in [0.25, 0.3) is 0 Å². The molecule has 11 rings (SSSR count). The van der Waals surface area contributed by atoms with Crippen molar-refractivity contribution in [2.24, 2.45) is 15.9 Å². The Kier molecular flexibility index (Phi) is 5.95. The molecule has 1 aliphatic heterocycles. The second-order valence-electron chi connectivity index (χ2n) is 14.4. The summed E-state index contributed by atoms with van der Waals surface area (Å²) in [5, 5.41) is 4.95. The number of aliphatic imine (C=N–C) groups is 2. The third-order valence-electron chi connectivity index (χ3n) is 11.9. The van der Waals surface area contributed by atoms with Gasteiger partial charge in [0.05, 0.1) is 22.4 Å². The Morgan fingerprint density at radius 3 is 2.32 bits per heavy atom. The van der Waals surface area contributed by atoms with Crippen LogP contribution in [0, 0.1) is 5.92 Å². The molecule has 6 aromatic carbocycles. The molecule has 238 valence electrons. The number of benzene rings is 6. The molecule has 0 radical (unpaired) electrons. The molecule has 3 heteroatoms. The van der Waals surface area contributed by atoms with Crippen LogP contribution < -0.4 is 0 Å². The Bertz CT molecular complexity index is 2680. The van der Waals surface area contributed by atoms with Crippen LogP contribution in [-0.4, -0.2) is 16.2 Å². The number of aromatic nitrogens is 1. The molecule has 1 aromatic heterocycles. The maximum Gasteiger partial charge on any atom is 0.235 e. The molecule has 0 bridgehead atoms. The molecule has 1 spiro atoms. The minimum absolute atomic E-state index is 0.112. The average molecular weight is 642 g/mol. The van der Waals surface area contributed by atoms with Crippen molar-refractivity contribution >= 4 is 44.2 Å². The molecule has 50 heavy (non-hydrogen) atoms. The Morgan fingerprint density at radius 2 is 1.40 bits per heavy atom. The van der Waals surface area contributed by atoms with E-state index in [2.05, 4.69) is 150 Å². The number of hydrogen-bond donors (Lipinski definition) is 0. The van der Waals surface area contributed by atoms with Crippen LogP contribution in [0.3, 0.4) is 0 Å². The van der Waals surface area contributed by atoms with E-state index in [-0.39, 0.29) is 11.3 Å². The first-order valence-corrected chi connectivity index (χ1v) is 18.1. The maximum atomic E-state index is 5.61. The van der Waals surface area contributed by atoms with E-state index in [1.54, 1.807) is 0 Å². The Hall–Kier alpha value is -5.80. The summed E-state index contributed by atoms with van der Waals surface area (Å²) in [5.74, 6) is 0.858. The summed E-state index contributed by atoms with van der Waals surface area (Å²) in [5.41, 5.74) is 14.0. The van der Waals surface area contributed by atoms with Crippen molar-refractivity contribution in [3.05, 3.63) is 168 Å². The van der Waals surface area contributed by atoms with Crippen LogP contribution in [0.1, 0.15) is 48.8 Å². The summed E-state index contributed by atoms with van der Waals surface area (Å²) in [4.78, 5) is 11.0. The normalized spacial score (nSPS) is 18.6. The number of rotatable bonds is 2. The minimum Gasteiger partial charge on any atom is -0.278 e. The summed E-state index contributed by atoms with van der Waals surface area (Å²) in [6.45, 7) is 0. The fourth-order valence-electron chi connectivity index (χ4n) is 9.62. The molecule has 1 fully saturated rings. The highest BCUT2D eigenvalue weighted by Gasteiger charge is 2.45. The lowest BCUT2D eigenvalue weighted by molar-refractivity contribution is 0.550. The van der Waals surface area contributed by atoms with E-state index >= 15 is 0 Å². The third kappa shape index (κ3) is 3.92. The molecule has 1 atom stereocenters. The molecule has 3 aliphatic carbocycles. The number of nitrogens with zero attached hydrogens (tertiary/aromatic N) is 3. The SMILES string of the molecule is C1=CCC2C(=C1)N=C(n1c3cc(-c4ccccc4)ccc3c3c4ccccc4ccc31)N=C2c1ccc2c(c1)C1(CCCC1)c1ccccc1-2. The van der Waals surface area contributed by atoms with E-state index in [1.165, 1.54) is 86.2 Å². The standard InChI is InChI=1S/C47H35N3/c1-2-12-30(13-3-1)32-20-24-38-43(29-32)50(42-25-22-31-14-4-5-15-34(31)44(38)42)46-48-41-19-9-7-17-37(41)45(49-46)33-21-23-36-35-16-6-8-18-39(35)47(40(36)28-33)26-10-11-27-47/h1-9,12-16,18-25,28-29,37H,10-11,17,26-27H2. The lowest BCUT2D eigenvalue weighted by Gasteiger charge is -2.29. The van der Waals surface area contributed by atoms with Gasteiger partial charge in [0.1, 0.15) is 0 Å². The maximum absolute atomic E-state index is 5.61. The van der Waals surface area contributed by atoms with E-state index < -0.39 is 0 Å². The summed E-state index contributed by atoms with van der Waals surface area (Å²) < 4.78 is 2.32. The highest BCUT2D eigenvalue weighted by Crippen LogP contribution is 2.57. The van der Waals surface area contributed by atoms with E-state index in [0.29, 0.717) is 0 Å². The zero-order chi connectivity index (χ0) is 32.8. The summed E-state index contributed by atoms with van der Waals surface area (Å²) in [6.07, 6.45) is 12.5. The molecular weight excluding hydrogens is 607 g/mol. The monoisotopic (exact) mass is 641 g/mol. The van der Waals surface area contributed by atoms with Crippen LogP contribution in [-0.2, 0) is 5.41 Å². The van der Waals surface area contributed by atoms with Crippen molar-refractivity contribution in [2.45, 2.75) is 37.5 Å². The summed E-state index contributed by atoms with van der Waals surface area (Å²) in [7, 11) is 0. The average Bonchev–Trinajstić information content (AvgIpc) is 3.88. The van der Waals surface area contributed by atoms with Gasteiger partial charge in [0, 0.05) is 22.1 Å². The van der Waals surface area contributed by atoms with E-state index in [1.807, 2.05) is 0 Å². The highest BCUT2D eigenvalue weighted by molar-refractivity contribution is 6.25. The fourth-order valence-corrected chi connectivity index (χ4v) is 9.62. The zero-order valence-electron chi connectivity index (χ0n) is 27.8. The van der Waals surface area contributed by atoms with Gasteiger partial charge in [0.15, 0.2) is 0 Å². The lowest BCUT2D eigenvalue weighted by Crippen LogP contribution is -2.28. The van der Waals surface area contributed by atoms with Crippen molar-refractivity contribution < 1.29 is 0 Å². The largest absolute Gasteiger partial charge is 0.278 e. The molecule has 3 nitrogen and oxygen atoms in total. The lowest BCUT2D eigenvalue weighted by atomic mass is 9.76. The second-order valence-corrected chi connectivity index (χ2v) is 14.4. The predicted octanol–water partition coefficient (Wildman–Crippen LogP) is 11.6. The Labute approximate surface area is 291 Å². The highest BCUT2D eigenvalue weighted by atomic mass is 15.2. The van der Waals surface area contributed by atoms with Crippen LogP contribution in [0.2, 0.25) is 0 Å². The number of allylic oxidation sites excluding steroid dienone is 4. The van der Waals surface area contributed by atoms with Gasteiger partial charge < -0.3 is 0 Å². The van der Waals surface area contributed by atoms with Crippen LogP contribution in [0.5, 0.6) is 0 Å². The van der Waals surface area contributed by atoms with Crippen molar-refractivity contribution in [1.82, 2.24) is 4.57 Å². The number of fused-ring (bicyclic) bond motifs is 11. The molecule has 1 saturated carbocycles. The van der Waals surface area contributed by atoms with E-state index in [0.717, 1.165) is 34.8 Å². The van der Waals surface area contributed by atoms with Crippen molar-refractivity contribution in [1.29, 1.82) is 0 Å². The van der Waals surface area contributed by atoms with E-state index in [4.69, 9.17) is 9.98 Å². The van der Waals surface area contributed by atoms with Gasteiger partial charge in [-0.15, -0.1) is 0 Å².